The lowest BCUT2D eigenvalue weighted by Gasteiger charge is -2.28. The zero-order chi connectivity index (χ0) is 21.1. The van der Waals surface area contributed by atoms with Crippen LogP contribution < -0.4 is 0 Å². The number of benzene rings is 1. The minimum absolute atomic E-state index is 0.100. The Kier molecular flexibility index (Phi) is 5.81. The Labute approximate surface area is 173 Å². The predicted octanol–water partition coefficient (Wildman–Crippen LogP) is 5.07. The zero-order valence-corrected chi connectivity index (χ0v) is 16.8. The summed E-state index contributed by atoms with van der Waals surface area (Å²) >= 11 is 0. The van der Waals surface area contributed by atoms with E-state index in [0.717, 1.165) is 61.1 Å². The van der Waals surface area contributed by atoms with Crippen LogP contribution in [0.4, 0.5) is 13.2 Å². The third-order valence-electron chi connectivity index (χ3n) is 5.28. The molecular weight excluding hydrogens is 389 g/mol. The maximum atomic E-state index is 13.3. The number of nitrogens with zero attached hydrogens (tertiary/aromatic N) is 4. The fourth-order valence-electron chi connectivity index (χ4n) is 3.78. The molecule has 0 radical (unpaired) electrons. The second kappa shape index (κ2) is 8.52. The molecule has 0 atom stereocenters. The maximum Gasteiger partial charge on any atom is 0.417 e. The summed E-state index contributed by atoms with van der Waals surface area (Å²) in [5, 5.41) is 0. The van der Waals surface area contributed by atoms with Crippen molar-refractivity contribution in [3.05, 3.63) is 77.0 Å². The van der Waals surface area contributed by atoms with E-state index in [0.29, 0.717) is 12.2 Å². The van der Waals surface area contributed by atoms with E-state index in [-0.39, 0.29) is 5.56 Å². The van der Waals surface area contributed by atoms with Gasteiger partial charge in [0.25, 0.3) is 0 Å². The number of pyridine rings is 1. The summed E-state index contributed by atoms with van der Waals surface area (Å²) in [6.45, 7) is 4.45. The van der Waals surface area contributed by atoms with Crippen LogP contribution in [-0.4, -0.2) is 26.4 Å². The fourth-order valence-corrected chi connectivity index (χ4v) is 3.78. The van der Waals surface area contributed by atoms with Crippen LogP contribution in [0, 0.1) is 0 Å². The van der Waals surface area contributed by atoms with Gasteiger partial charge in [0.2, 0.25) is 0 Å². The summed E-state index contributed by atoms with van der Waals surface area (Å²) in [7, 11) is 0. The standard InChI is InChI=1S/C23H23F3N4/c1-2-5-22-28-13-17-15-30(11-10-20(17)29-22)14-16-8-9-21(27-12-16)18-6-3-4-7-19(18)23(24,25)26/h3-4,6-9,12-13H,2,5,10-11,14-15H2,1H3. The molecule has 0 saturated carbocycles. The number of hydrogen-bond donors (Lipinski definition) is 0. The molecule has 7 heteroatoms. The molecule has 4 nitrogen and oxygen atoms in total. The molecule has 3 aromatic rings. The Hall–Kier alpha value is -2.80. The van der Waals surface area contributed by atoms with Gasteiger partial charge in [-0.3, -0.25) is 9.88 Å². The lowest BCUT2D eigenvalue weighted by atomic mass is 10.0. The number of aryl methyl sites for hydroxylation is 1. The molecule has 0 aliphatic carbocycles. The quantitative estimate of drug-likeness (QED) is 0.587. The van der Waals surface area contributed by atoms with Crippen molar-refractivity contribution in [2.75, 3.05) is 6.54 Å². The molecule has 4 rings (SSSR count). The molecule has 0 amide bonds. The van der Waals surface area contributed by atoms with Gasteiger partial charge in [-0.15, -0.1) is 0 Å². The number of alkyl halides is 3. The Morgan fingerprint density at radius 2 is 1.87 bits per heavy atom. The first-order chi connectivity index (χ1) is 14.4. The highest BCUT2D eigenvalue weighted by atomic mass is 19.4. The lowest BCUT2D eigenvalue weighted by molar-refractivity contribution is -0.137. The van der Waals surface area contributed by atoms with Crippen molar-refractivity contribution < 1.29 is 13.2 Å². The highest BCUT2D eigenvalue weighted by molar-refractivity contribution is 5.64. The number of aromatic nitrogens is 3. The van der Waals surface area contributed by atoms with Crippen molar-refractivity contribution in [3.8, 4) is 11.3 Å². The van der Waals surface area contributed by atoms with E-state index in [1.165, 1.54) is 12.1 Å². The summed E-state index contributed by atoms with van der Waals surface area (Å²) in [6.07, 6.45) is 1.98. The highest BCUT2D eigenvalue weighted by Gasteiger charge is 2.33. The summed E-state index contributed by atoms with van der Waals surface area (Å²) in [4.78, 5) is 15.7. The summed E-state index contributed by atoms with van der Waals surface area (Å²) in [5.41, 5.74) is 3.00. The topological polar surface area (TPSA) is 41.9 Å². The summed E-state index contributed by atoms with van der Waals surface area (Å²) in [6, 6.07) is 9.05. The molecule has 0 N–H and O–H groups in total. The van der Waals surface area contributed by atoms with Gasteiger partial charge in [-0.2, -0.15) is 13.2 Å². The van der Waals surface area contributed by atoms with Crippen LogP contribution in [0.2, 0.25) is 0 Å². The van der Waals surface area contributed by atoms with Crippen molar-refractivity contribution in [2.24, 2.45) is 0 Å². The Bertz CT molecular complexity index is 1020. The van der Waals surface area contributed by atoms with Crippen molar-refractivity contribution in [1.82, 2.24) is 19.9 Å². The van der Waals surface area contributed by atoms with Gasteiger partial charge in [0.1, 0.15) is 5.82 Å². The van der Waals surface area contributed by atoms with Gasteiger partial charge in [0.15, 0.2) is 0 Å². The molecule has 156 valence electrons. The van der Waals surface area contributed by atoms with Crippen LogP contribution in [0.25, 0.3) is 11.3 Å². The van der Waals surface area contributed by atoms with E-state index in [9.17, 15) is 13.2 Å². The first-order valence-corrected chi connectivity index (χ1v) is 10.1. The average molecular weight is 412 g/mol. The number of hydrogen-bond acceptors (Lipinski definition) is 4. The first kappa shape index (κ1) is 20.5. The monoisotopic (exact) mass is 412 g/mol. The van der Waals surface area contributed by atoms with Gasteiger partial charge in [-0.1, -0.05) is 31.2 Å². The first-order valence-electron chi connectivity index (χ1n) is 10.1. The Balaban J connectivity index is 1.46. The molecule has 1 aliphatic heterocycles. The fraction of sp³-hybridized carbons (Fsp3) is 0.348. The molecule has 0 fully saturated rings. The SMILES string of the molecule is CCCc1ncc2c(n1)CCN(Cc1ccc(-c3ccccc3C(F)(F)F)nc1)C2. The van der Waals surface area contributed by atoms with E-state index in [2.05, 4.69) is 26.8 Å². The van der Waals surface area contributed by atoms with Gasteiger partial charge in [-0.25, -0.2) is 9.97 Å². The predicted molar refractivity (Wildman–Crippen MR) is 109 cm³/mol. The van der Waals surface area contributed by atoms with Gasteiger partial charge < -0.3 is 0 Å². The number of halogens is 3. The van der Waals surface area contributed by atoms with Gasteiger partial charge in [-0.05, 0) is 24.1 Å². The van der Waals surface area contributed by atoms with E-state index >= 15 is 0 Å². The molecule has 1 aromatic carbocycles. The molecule has 30 heavy (non-hydrogen) atoms. The molecular formula is C23H23F3N4. The van der Waals surface area contributed by atoms with Gasteiger partial charge in [0.05, 0.1) is 11.3 Å². The highest BCUT2D eigenvalue weighted by Crippen LogP contribution is 2.36. The van der Waals surface area contributed by atoms with Crippen LogP contribution in [0.5, 0.6) is 0 Å². The van der Waals surface area contributed by atoms with Crippen molar-refractivity contribution in [3.63, 3.8) is 0 Å². The van der Waals surface area contributed by atoms with Crippen molar-refractivity contribution >= 4 is 0 Å². The summed E-state index contributed by atoms with van der Waals surface area (Å²) < 4.78 is 39.8. The van der Waals surface area contributed by atoms with Crippen LogP contribution in [0.15, 0.2) is 48.8 Å². The third-order valence-corrected chi connectivity index (χ3v) is 5.28. The molecule has 0 bridgehead atoms. The smallest absolute Gasteiger partial charge is 0.294 e. The van der Waals surface area contributed by atoms with Gasteiger partial charge in [0, 0.05) is 61.7 Å². The van der Waals surface area contributed by atoms with E-state index < -0.39 is 11.7 Å². The minimum Gasteiger partial charge on any atom is -0.294 e. The molecule has 1 aliphatic rings. The largest absolute Gasteiger partial charge is 0.417 e. The van der Waals surface area contributed by atoms with Crippen molar-refractivity contribution in [1.29, 1.82) is 0 Å². The second-order valence-electron chi connectivity index (χ2n) is 7.56. The van der Waals surface area contributed by atoms with Crippen LogP contribution >= 0.6 is 0 Å². The van der Waals surface area contributed by atoms with Crippen LogP contribution in [-0.2, 0) is 32.1 Å². The Morgan fingerprint density at radius 3 is 2.60 bits per heavy atom. The van der Waals surface area contributed by atoms with E-state index in [4.69, 9.17) is 0 Å². The minimum atomic E-state index is -4.41. The molecule has 0 saturated heterocycles. The summed E-state index contributed by atoms with van der Waals surface area (Å²) in [5.74, 6) is 0.906. The normalized spacial score (nSPS) is 14.5. The molecule has 0 spiro atoms. The number of fused-ring (bicyclic) bond motifs is 1. The van der Waals surface area contributed by atoms with Crippen molar-refractivity contribution in [2.45, 2.75) is 45.5 Å². The number of rotatable bonds is 5. The van der Waals surface area contributed by atoms with Crippen LogP contribution in [0.1, 0.15) is 41.6 Å². The lowest BCUT2D eigenvalue weighted by Crippen LogP contribution is -2.31. The third kappa shape index (κ3) is 4.51. The molecule has 0 unspecified atom stereocenters. The average Bonchev–Trinajstić information content (AvgIpc) is 2.74. The van der Waals surface area contributed by atoms with Crippen LogP contribution in [0.3, 0.4) is 0 Å². The molecule has 2 aromatic heterocycles. The van der Waals surface area contributed by atoms with Gasteiger partial charge >= 0.3 is 6.18 Å². The zero-order valence-electron chi connectivity index (χ0n) is 16.8. The van der Waals surface area contributed by atoms with E-state index in [1.807, 2.05) is 12.3 Å². The maximum absolute atomic E-state index is 13.3. The second-order valence-corrected chi connectivity index (χ2v) is 7.56. The van der Waals surface area contributed by atoms with E-state index in [1.54, 1.807) is 18.3 Å². The molecule has 3 heterocycles. The Morgan fingerprint density at radius 1 is 1.03 bits per heavy atom.